The van der Waals surface area contributed by atoms with Crippen LogP contribution in [-0.4, -0.2) is 30.7 Å². The summed E-state index contributed by atoms with van der Waals surface area (Å²) >= 11 is 1.10. The Morgan fingerprint density at radius 1 is 1.22 bits per heavy atom. The summed E-state index contributed by atoms with van der Waals surface area (Å²) in [7, 11) is 1.58. The molecule has 0 spiro atoms. The Bertz CT molecular complexity index is 923. The van der Waals surface area contributed by atoms with Crippen molar-refractivity contribution in [1.29, 1.82) is 0 Å². The van der Waals surface area contributed by atoms with E-state index in [2.05, 4.69) is 10.3 Å². The predicted molar refractivity (Wildman–Crippen MR) is 106 cm³/mol. The second-order valence-electron chi connectivity index (χ2n) is 5.47. The van der Waals surface area contributed by atoms with Gasteiger partial charge in [-0.15, -0.1) is 0 Å². The first-order valence-corrected chi connectivity index (χ1v) is 8.80. The van der Waals surface area contributed by atoms with Crippen molar-refractivity contribution in [1.82, 2.24) is 0 Å². The number of thioether (sulfide) groups is 1. The zero-order valence-electron chi connectivity index (χ0n) is 14.5. The van der Waals surface area contributed by atoms with E-state index in [1.165, 1.54) is 0 Å². The molecule has 3 N–H and O–H groups in total. The second-order valence-corrected chi connectivity index (χ2v) is 6.53. The number of amides is 2. The van der Waals surface area contributed by atoms with Crippen molar-refractivity contribution in [2.75, 3.05) is 19.0 Å². The fraction of sp³-hybridized carbons (Fsp3) is 0.105. The Labute approximate surface area is 160 Å². The highest BCUT2D eigenvalue weighted by Gasteiger charge is 2.20. The number of nitrogens with one attached hydrogen (secondary N) is 1. The fourth-order valence-electron chi connectivity index (χ4n) is 2.31. The molecule has 3 rings (SSSR count). The minimum absolute atomic E-state index is 0.175. The van der Waals surface area contributed by atoms with Gasteiger partial charge in [0.1, 0.15) is 11.5 Å². The minimum atomic E-state index is -0.385. The maximum absolute atomic E-state index is 12.1. The van der Waals surface area contributed by atoms with Gasteiger partial charge in [0.25, 0.3) is 11.8 Å². The SMILES string of the molecule is COc1ccc(NC(=O)COc2ccccc2/C=C2\SC(N)=NC2=O)cc1. The van der Waals surface area contributed by atoms with E-state index in [0.29, 0.717) is 27.7 Å². The van der Waals surface area contributed by atoms with Gasteiger partial charge in [-0.1, -0.05) is 18.2 Å². The number of hydrogen-bond donors (Lipinski definition) is 2. The van der Waals surface area contributed by atoms with Gasteiger partial charge in [0, 0.05) is 11.3 Å². The van der Waals surface area contributed by atoms with E-state index in [0.717, 1.165) is 11.8 Å². The number of nitrogens with zero attached hydrogens (tertiary/aromatic N) is 1. The summed E-state index contributed by atoms with van der Waals surface area (Å²) in [5.74, 6) is 0.495. The number of rotatable bonds is 6. The number of carbonyl (C=O) groups excluding carboxylic acids is 2. The van der Waals surface area contributed by atoms with Crippen molar-refractivity contribution in [2.45, 2.75) is 0 Å². The zero-order chi connectivity index (χ0) is 19.2. The molecule has 0 aromatic heterocycles. The summed E-state index contributed by atoms with van der Waals surface area (Å²) in [5.41, 5.74) is 6.86. The van der Waals surface area contributed by atoms with Gasteiger partial charge < -0.3 is 20.5 Å². The number of para-hydroxylation sites is 1. The summed E-state index contributed by atoms with van der Waals surface area (Å²) in [6.45, 7) is -0.175. The average molecular weight is 383 g/mol. The van der Waals surface area contributed by atoms with E-state index in [1.807, 2.05) is 6.07 Å². The van der Waals surface area contributed by atoms with Gasteiger partial charge in [-0.05, 0) is 48.2 Å². The standard InChI is InChI=1S/C19H17N3O4S/c1-25-14-8-6-13(7-9-14)21-17(23)11-26-15-5-3-2-4-12(15)10-16-18(24)22-19(20)27-16/h2-10H,11H2,1H3,(H,21,23)(H2,20,22,24)/b16-10-. The topological polar surface area (TPSA) is 103 Å². The van der Waals surface area contributed by atoms with E-state index in [1.54, 1.807) is 55.7 Å². The molecule has 0 saturated heterocycles. The van der Waals surface area contributed by atoms with Gasteiger partial charge in [-0.2, -0.15) is 4.99 Å². The number of hydrogen-bond acceptors (Lipinski definition) is 6. The molecule has 1 aliphatic rings. The lowest BCUT2D eigenvalue weighted by Crippen LogP contribution is -2.20. The van der Waals surface area contributed by atoms with Crippen molar-refractivity contribution >= 4 is 40.5 Å². The first-order valence-electron chi connectivity index (χ1n) is 7.99. The van der Waals surface area contributed by atoms with Crippen LogP contribution in [0.5, 0.6) is 11.5 Å². The van der Waals surface area contributed by atoms with Crippen molar-refractivity contribution in [2.24, 2.45) is 10.7 Å². The predicted octanol–water partition coefficient (Wildman–Crippen LogP) is 2.64. The van der Waals surface area contributed by atoms with E-state index in [4.69, 9.17) is 15.2 Å². The van der Waals surface area contributed by atoms with Crippen LogP contribution in [0, 0.1) is 0 Å². The minimum Gasteiger partial charge on any atom is -0.497 e. The molecule has 0 unspecified atom stereocenters. The second kappa shape index (κ2) is 8.41. The van der Waals surface area contributed by atoms with Crippen LogP contribution in [0.1, 0.15) is 5.56 Å². The van der Waals surface area contributed by atoms with E-state index >= 15 is 0 Å². The van der Waals surface area contributed by atoms with Crippen LogP contribution in [0.25, 0.3) is 6.08 Å². The third-order valence-corrected chi connectivity index (χ3v) is 4.39. The van der Waals surface area contributed by atoms with Crippen LogP contribution >= 0.6 is 11.8 Å². The molecular weight excluding hydrogens is 366 g/mol. The highest BCUT2D eigenvalue weighted by atomic mass is 32.2. The van der Waals surface area contributed by atoms with Crippen molar-refractivity contribution in [3.8, 4) is 11.5 Å². The van der Waals surface area contributed by atoms with Crippen LogP contribution in [0.2, 0.25) is 0 Å². The van der Waals surface area contributed by atoms with Gasteiger partial charge in [0.2, 0.25) is 0 Å². The van der Waals surface area contributed by atoms with Gasteiger partial charge in [-0.3, -0.25) is 9.59 Å². The Balaban J connectivity index is 1.63. The van der Waals surface area contributed by atoms with Crippen molar-refractivity contribution in [3.63, 3.8) is 0 Å². The number of aliphatic imine (C=N–C) groups is 1. The number of carbonyl (C=O) groups is 2. The van der Waals surface area contributed by atoms with Gasteiger partial charge in [0.05, 0.1) is 12.0 Å². The molecule has 0 aliphatic carbocycles. The lowest BCUT2D eigenvalue weighted by atomic mass is 10.2. The summed E-state index contributed by atoms with van der Waals surface area (Å²) < 4.78 is 10.7. The van der Waals surface area contributed by atoms with E-state index in [-0.39, 0.29) is 23.6 Å². The van der Waals surface area contributed by atoms with Gasteiger partial charge in [-0.25, -0.2) is 0 Å². The first-order chi connectivity index (χ1) is 13.0. The van der Waals surface area contributed by atoms with Crippen molar-refractivity contribution < 1.29 is 19.1 Å². The number of ether oxygens (including phenoxy) is 2. The zero-order valence-corrected chi connectivity index (χ0v) is 15.3. The molecule has 1 heterocycles. The maximum Gasteiger partial charge on any atom is 0.286 e. The number of amidine groups is 1. The third kappa shape index (κ3) is 4.89. The summed E-state index contributed by atoms with van der Waals surface area (Å²) in [6, 6.07) is 14.1. The maximum atomic E-state index is 12.1. The normalized spacial score (nSPS) is 14.8. The summed E-state index contributed by atoms with van der Waals surface area (Å²) in [4.78, 5) is 27.9. The first kappa shape index (κ1) is 18.5. The van der Waals surface area contributed by atoms with E-state index in [9.17, 15) is 9.59 Å². The van der Waals surface area contributed by atoms with Crippen LogP contribution < -0.4 is 20.5 Å². The monoisotopic (exact) mass is 383 g/mol. The number of nitrogens with two attached hydrogens (primary N) is 1. The Morgan fingerprint density at radius 2 is 1.96 bits per heavy atom. The Morgan fingerprint density at radius 3 is 2.63 bits per heavy atom. The van der Waals surface area contributed by atoms with E-state index < -0.39 is 0 Å². The third-order valence-electron chi connectivity index (χ3n) is 3.58. The molecule has 7 nitrogen and oxygen atoms in total. The van der Waals surface area contributed by atoms with Gasteiger partial charge in [0.15, 0.2) is 11.8 Å². The molecule has 27 heavy (non-hydrogen) atoms. The molecule has 0 fully saturated rings. The molecule has 0 saturated carbocycles. The molecule has 1 aliphatic heterocycles. The lowest BCUT2D eigenvalue weighted by molar-refractivity contribution is -0.118. The molecule has 8 heteroatoms. The number of methoxy groups -OCH3 is 1. The smallest absolute Gasteiger partial charge is 0.286 e. The number of anilines is 1. The quantitative estimate of drug-likeness (QED) is 0.744. The number of benzene rings is 2. The molecule has 2 amide bonds. The van der Waals surface area contributed by atoms with Crippen molar-refractivity contribution in [3.05, 3.63) is 59.0 Å². The Kier molecular flexibility index (Phi) is 5.77. The molecular formula is C19H17N3O4S. The summed E-state index contributed by atoms with van der Waals surface area (Å²) in [5, 5.41) is 2.95. The lowest BCUT2D eigenvalue weighted by Gasteiger charge is -2.10. The highest BCUT2D eigenvalue weighted by molar-refractivity contribution is 8.18. The van der Waals surface area contributed by atoms with Crippen LogP contribution in [0.15, 0.2) is 58.4 Å². The molecule has 0 bridgehead atoms. The molecule has 2 aromatic carbocycles. The fourth-order valence-corrected chi connectivity index (χ4v) is 2.99. The highest BCUT2D eigenvalue weighted by Crippen LogP contribution is 2.29. The van der Waals surface area contributed by atoms with Crippen LogP contribution in [0.3, 0.4) is 0 Å². The van der Waals surface area contributed by atoms with Crippen LogP contribution in [-0.2, 0) is 9.59 Å². The average Bonchev–Trinajstić information content (AvgIpc) is 2.98. The molecule has 0 radical (unpaired) electrons. The summed E-state index contributed by atoms with van der Waals surface area (Å²) in [6.07, 6.45) is 1.65. The Hall–Kier alpha value is -3.26. The van der Waals surface area contributed by atoms with Gasteiger partial charge >= 0.3 is 0 Å². The van der Waals surface area contributed by atoms with Crippen LogP contribution in [0.4, 0.5) is 5.69 Å². The molecule has 138 valence electrons. The molecule has 2 aromatic rings. The molecule has 0 atom stereocenters. The largest absolute Gasteiger partial charge is 0.497 e.